The van der Waals surface area contributed by atoms with Gasteiger partial charge in [-0.15, -0.1) is 0 Å². The van der Waals surface area contributed by atoms with Gasteiger partial charge in [-0.25, -0.2) is 0 Å². The lowest BCUT2D eigenvalue weighted by molar-refractivity contribution is 0.436. The SMILES string of the molecule is CC(C)(C)NC[Si](F)(N[Si](C)(C)C)C(C)(C)C. The maximum atomic E-state index is 15.3. The second-order valence-electron chi connectivity index (χ2n) is 8.03. The first kappa shape index (κ1) is 17.3. The first-order chi connectivity index (χ1) is 7.16. The van der Waals surface area contributed by atoms with Crippen LogP contribution in [-0.2, 0) is 0 Å². The molecule has 2 N–H and O–H groups in total. The number of nitrogens with one attached hydrogen (secondary N) is 2. The van der Waals surface area contributed by atoms with E-state index in [1.807, 2.05) is 20.8 Å². The molecule has 0 rings (SSSR count). The maximum Gasteiger partial charge on any atom is 0.332 e. The normalized spacial score (nSPS) is 18.0. The molecule has 0 radical (unpaired) electrons. The van der Waals surface area contributed by atoms with Crippen LogP contribution >= 0.6 is 0 Å². The molecule has 0 amide bonds. The lowest BCUT2D eigenvalue weighted by Crippen LogP contribution is -2.68. The van der Waals surface area contributed by atoms with Gasteiger partial charge >= 0.3 is 8.57 Å². The van der Waals surface area contributed by atoms with Gasteiger partial charge in [-0.2, -0.15) is 0 Å². The second kappa shape index (κ2) is 5.11. The predicted molar refractivity (Wildman–Crippen MR) is 80.8 cm³/mol. The Morgan fingerprint density at radius 3 is 1.59 bits per heavy atom. The summed E-state index contributed by atoms with van der Waals surface area (Å²) >= 11 is 0. The average Bonchev–Trinajstić information content (AvgIpc) is 1.94. The molecule has 0 saturated heterocycles. The Kier molecular flexibility index (Phi) is 5.20. The van der Waals surface area contributed by atoms with Crippen molar-refractivity contribution in [3.8, 4) is 0 Å². The van der Waals surface area contributed by atoms with Crippen LogP contribution in [0.15, 0.2) is 0 Å². The zero-order valence-corrected chi connectivity index (χ0v) is 15.1. The third-order valence-corrected chi connectivity index (χ3v) is 10.3. The van der Waals surface area contributed by atoms with Crippen LogP contribution < -0.4 is 9.96 Å². The molecule has 0 saturated carbocycles. The molecule has 1 atom stereocenters. The van der Waals surface area contributed by atoms with Crippen molar-refractivity contribution in [3.63, 3.8) is 0 Å². The van der Waals surface area contributed by atoms with Crippen LogP contribution in [0.3, 0.4) is 0 Å². The first-order valence-corrected chi connectivity index (χ1v) is 12.0. The van der Waals surface area contributed by atoms with Gasteiger partial charge in [0, 0.05) is 11.7 Å². The molecule has 1 unspecified atom stereocenters. The van der Waals surface area contributed by atoms with Gasteiger partial charge in [0.2, 0.25) is 0 Å². The van der Waals surface area contributed by atoms with E-state index in [4.69, 9.17) is 0 Å². The van der Waals surface area contributed by atoms with E-state index >= 15 is 4.11 Å². The third-order valence-electron chi connectivity index (χ3n) is 2.62. The van der Waals surface area contributed by atoms with Crippen LogP contribution in [0.1, 0.15) is 41.5 Å². The van der Waals surface area contributed by atoms with E-state index in [1.165, 1.54) is 0 Å². The summed E-state index contributed by atoms with van der Waals surface area (Å²) in [6.07, 6.45) is 0.476. The summed E-state index contributed by atoms with van der Waals surface area (Å²) in [5.41, 5.74) is -0.0310. The molecule has 104 valence electrons. The summed E-state index contributed by atoms with van der Waals surface area (Å²) in [6.45, 7) is 18.8. The van der Waals surface area contributed by atoms with Crippen molar-refractivity contribution in [2.45, 2.75) is 71.8 Å². The van der Waals surface area contributed by atoms with E-state index in [0.29, 0.717) is 6.17 Å². The summed E-state index contributed by atoms with van der Waals surface area (Å²) in [5, 5.41) is 3.05. The molecule has 0 aromatic rings. The molecular formula is C12H31FN2Si2. The standard InChI is InChI=1S/C12H31FN2Si2/c1-11(2,3)14-10-17(13,12(4,5)6)15-16(7,8)9/h14-15H,10H2,1-9H3. The van der Waals surface area contributed by atoms with Gasteiger partial charge in [0.1, 0.15) is 8.24 Å². The monoisotopic (exact) mass is 278 g/mol. The summed E-state index contributed by atoms with van der Waals surface area (Å²) in [7, 11) is -4.60. The Hall–Kier alpha value is 0.284. The minimum Gasteiger partial charge on any atom is -0.333 e. The van der Waals surface area contributed by atoms with Crippen molar-refractivity contribution in [2.75, 3.05) is 6.17 Å². The second-order valence-corrected chi connectivity index (χ2v) is 17.0. The molecule has 0 fully saturated rings. The summed E-state index contributed by atoms with van der Waals surface area (Å²) in [6, 6.07) is 0. The number of rotatable bonds is 4. The number of halogens is 1. The minimum absolute atomic E-state index is 0.0310. The van der Waals surface area contributed by atoms with E-state index in [0.717, 1.165) is 0 Å². The Labute approximate surface area is 109 Å². The van der Waals surface area contributed by atoms with Crippen molar-refractivity contribution >= 4 is 16.8 Å². The average molecular weight is 279 g/mol. The first-order valence-electron chi connectivity index (χ1n) is 6.40. The Bertz CT molecular complexity index is 251. The molecule has 0 heterocycles. The summed E-state index contributed by atoms with van der Waals surface area (Å²) in [4.78, 5) is 0. The molecule has 0 aromatic carbocycles. The zero-order valence-electron chi connectivity index (χ0n) is 13.1. The van der Waals surface area contributed by atoms with E-state index in [9.17, 15) is 0 Å². The highest BCUT2D eigenvalue weighted by Crippen LogP contribution is 2.35. The van der Waals surface area contributed by atoms with Crippen molar-refractivity contribution in [2.24, 2.45) is 0 Å². The van der Waals surface area contributed by atoms with Gasteiger partial charge in [-0.05, 0) is 25.8 Å². The molecule has 5 heteroatoms. The van der Waals surface area contributed by atoms with Gasteiger partial charge in [0.05, 0.1) is 0 Å². The maximum absolute atomic E-state index is 15.3. The molecule has 17 heavy (non-hydrogen) atoms. The number of hydrogen-bond acceptors (Lipinski definition) is 2. The molecule has 0 spiro atoms. The van der Waals surface area contributed by atoms with Crippen LogP contribution in [-0.4, -0.2) is 28.5 Å². The quantitative estimate of drug-likeness (QED) is 0.607. The molecular weight excluding hydrogens is 247 g/mol. The van der Waals surface area contributed by atoms with Crippen molar-refractivity contribution in [1.29, 1.82) is 0 Å². The fourth-order valence-corrected chi connectivity index (χ4v) is 9.39. The van der Waals surface area contributed by atoms with Gasteiger partial charge in [0.25, 0.3) is 0 Å². The smallest absolute Gasteiger partial charge is 0.332 e. The van der Waals surface area contributed by atoms with Gasteiger partial charge in [-0.1, -0.05) is 40.4 Å². The van der Waals surface area contributed by atoms with Crippen molar-refractivity contribution < 1.29 is 4.11 Å². The lowest BCUT2D eigenvalue weighted by Gasteiger charge is -2.41. The molecule has 0 aliphatic carbocycles. The van der Waals surface area contributed by atoms with Crippen LogP contribution in [0.5, 0.6) is 0 Å². The predicted octanol–water partition coefficient (Wildman–Crippen LogP) is 3.55. The molecule has 0 aromatic heterocycles. The minimum atomic E-state index is -3.00. The number of hydrogen-bond donors (Lipinski definition) is 2. The highest BCUT2D eigenvalue weighted by molar-refractivity contribution is 6.90. The zero-order chi connectivity index (χ0) is 14.1. The van der Waals surface area contributed by atoms with E-state index in [2.05, 4.69) is 50.4 Å². The summed E-state index contributed by atoms with van der Waals surface area (Å²) in [5.74, 6) is 0. The Morgan fingerprint density at radius 1 is 0.941 bits per heavy atom. The Morgan fingerprint density at radius 2 is 1.35 bits per heavy atom. The van der Waals surface area contributed by atoms with Gasteiger partial charge in [0.15, 0.2) is 0 Å². The van der Waals surface area contributed by atoms with Crippen LogP contribution in [0.25, 0.3) is 0 Å². The third kappa shape index (κ3) is 6.69. The van der Waals surface area contributed by atoms with Crippen LogP contribution in [0.2, 0.25) is 24.7 Å². The van der Waals surface area contributed by atoms with Gasteiger partial charge in [-0.3, -0.25) is 4.11 Å². The van der Waals surface area contributed by atoms with Crippen LogP contribution in [0.4, 0.5) is 4.11 Å². The van der Waals surface area contributed by atoms with Crippen molar-refractivity contribution in [3.05, 3.63) is 0 Å². The largest absolute Gasteiger partial charge is 0.333 e. The van der Waals surface area contributed by atoms with E-state index in [-0.39, 0.29) is 10.6 Å². The highest BCUT2D eigenvalue weighted by atomic mass is 28.4. The highest BCUT2D eigenvalue weighted by Gasteiger charge is 2.49. The lowest BCUT2D eigenvalue weighted by atomic mass is 10.1. The Balaban J connectivity index is 4.88. The summed E-state index contributed by atoms with van der Waals surface area (Å²) < 4.78 is 18.7. The molecule has 0 aliphatic heterocycles. The van der Waals surface area contributed by atoms with E-state index in [1.54, 1.807) is 0 Å². The fourth-order valence-electron chi connectivity index (χ4n) is 1.48. The van der Waals surface area contributed by atoms with Gasteiger partial charge < -0.3 is 9.96 Å². The van der Waals surface area contributed by atoms with Crippen molar-refractivity contribution in [1.82, 2.24) is 9.96 Å². The molecule has 0 aliphatic rings. The molecule has 2 nitrogen and oxygen atoms in total. The molecule has 0 bridgehead atoms. The topological polar surface area (TPSA) is 24.1 Å². The van der Waals surface area contributed by atoms with Crippen LogP contribution in [0, 0.1) is 0 Å². The fraction of sp³-hybridized carbons (Fsp3) is 1.00. The van der Waals surface area contributed by atoms with E-state index < -0.39 is 16.8 Å².